The minimum Gasteiger partial charge on any atom is -0.352 e. The van der Waals surface area contributed by atoms with Crippen LogP contribution in [0.25, 0.3) is 11.0 Å². The van der Waals surface area contributed by atoms with Crippen LogP contribution in [0.15, 0.2) is 15.7 Å². The van der Waals surface area contributed by atoms with Crippen LogP contribution in [0.3, 0.4) is 0 Å². The summed E-state index contributed by atoms with van der Waals surface area (Å²) < 4.78 is 1.48. The molecule has 2 aromatic heterocycles. The lowest BCUT2D eigenvalue weighted by molar-refractivity contribution is 0.0952. The molecule has 3 N–H and O–H groups in total. The van der Waals surface area contributed by atoms with Crippen LogP contribution in [0.5, 0.6) is 0 Å². The van der Waals surface area contributed by atoms with E-state index in [9.17, 15) is 14.4 Å². The Kier molecular flexibility index (Phi) is 5.80. The van der Waals surface area contributed by atoms with E-state index in [1.807, 2.05) is 6.92 Å². The van der Waals surface area contributed by atoms with E-state index in [1.54, 1.807) is 6.07 Å². The zero-order chi connectivity index (χ0) is 20.4. The summed E-state index contributed by atoms with van der Waals surface area (Å²) in [5, 5.41) is 6.58. The fourth-order valence-corrected chi connectivity index (χ4v) is 4.15. The third-order valence-electron chi connectivity index (χ3n) is 5.89. The third-order valence-corrected chi connectivity index (χ3v) is 5.89. The lowest BCUT2D eigenvalue weighted by Gasteiger charge is -2.22. The Labute approximate surface area is 169 Å². The number of piperidine rings is 1. The summed E-state index contributed by atoms with van der Waals surface area (Å²) in [5.74, 6) is 0.609. The molecule has 1 aliphatic carbocycles. The van der Waals surface area contributed by atoms with Crippen molar-refractivity contribution >= 4 is 16.9 Å². The molecule has 2 fully saturated rings. The molecule has 1 unspecified atom stereocenters. The number of carbonyl (C=O) groups is 1. The van der Waals surface area contributed by atoms with E-state index < -0.39 is 11.2 Å². The second kappa shape index (κ2) is 8.49. The minimum atomic E-state index is -0.547. The number of aryl methyl sites for hydroxylation is 1. The van der Waals surface area contributed by atoms with Crippen molar-refractivity contribution in [3.63, 3.8) is 0 Å². The summed E-state index contributed by atoms with van der Waals surface area (Å²) >= 11 is 0. The molecule has 2 aromatic rings. The molecule has 3 heterocycles. The number of carbonyl (C=O) groups excluding carboxylic acids is 1. The van der Waals surface area contributed by atoms with Crippen LogP contribution >= 0.6 is 0 Å². The van der Waals surface area contributed by atoms with E-state index in [2.05, 4.69) is 20.6 Å². The van der Waals surface area contributed by atoms with Crippen LogP contribution in [0.1, 0.15) is 67.4 Å². The highest BCUT2D eigenvalue weighted by molar-refractivity contribution is 6.05. The van der Waals surface area contributed by atoms with Gasteiger partial charge in [-0.2, -0.15) is 0 Å². The Hall–Kier alpha value is -2.48. The zero-order valence-corrected chi connectivity index (χ0v) is 16.9. The molecule has 156 valence electrons. The molecule has 1 saturated heterocycles. The smallest absolute Gasteiger partial charge is 0.329 e. The Morgan fingerprint density at radius 1 is 1.31 bits per heavy atom. The number of hydrogen-bond acceptors (Lipinski definition) is 5. The summed E-state index contributed by atoms with van der Waals surface area (Å²) in [6, 6.07) is 1.74. The Morgan fingerprint density at radius 3 is 2.83 bits per heavy atom. The van der Waals surface area contributed by atoms with Crippen LogP contribution in [-0.2, 0) is 6.54 Å². The van der Waals surface area contributed by atoms with Gasteiger partial charge in [0.05, 0.1) is 10.9 Å². The van der Waals surface area contributed by atoms with Gasteiger partial charge in [-0.05, 0) is 63.6 Å². The monoisotopic (exact) mass is 399 g/mol. The molecular weight excluding hydrogens is 370 g/mol. The third kappa shape index (κ3) is 4.27. The van der Waals surface area contributed by atoms with Gasteiger partial charge in [-0.1, -0.05) is 6.92 Å². The van der Waals surface area contributed by atoms with E-state index in [0.717, 1.165) is 44.5 Å². The van der Waals surface area contributed by atoms with Crippen molar-refractivity contribution in [1.29, 1.82) is 0 Å². The fraction of sp³-hybridized carbons (Fsp3) is 0.619. The van der Waals surface area contributed by atoms with Crippen LogP contribution in [0.2, 0.25) is 0 Å². The average Bonchev–Trinajstić information content (AvgIpc) is 3.56. The molecule has 1 amide bonds. The predicted octanol–water partition coefficient (Wildman–Crippen LogP) is 1.49. The van der Waals surface area contributed by atoms with Gasteiger partial charge in [0.25, 0.3) is 11.5 Å². The summed E-state index contributed by atoms with van der Waals surface area (Å²) in [6.07, 6.45) is 6.03. The number of nitrogens with one attached hydrogen (secondary N) is 3. The first-order valence-electron chi connectivity index (χ1n) is 10.7. The second-order valence-electron chi connectivity index (χ2n) is 8.24. The molecule has 0 bridgehead atoms. The van der Waals surface area contributed by atoms with E-state index in [4.69, 9.17) is 0 Å². The normalized spacial score (nSPS) is 19.4. The number of pyridine rings is 1. The lowest BCUT2D eigenvalue weighted by Crippen LogP contribution is -2.35. The van der Waals surface area contributed by atoms with Crippen molar-refractivity contribution in [2.24, 2.45) is 5.92 Å². The molecule has 0 aromatic carbocycles. The van der Waals surface area contributed by atoms with Crippen LogP contribution in [0, 0.1) is 5.92 Å². The SMILES string of the molecule is CCCn1c(=O)[nH]c(=O)c2c(C(=O)NCCC3CCCNC3)cc(C3CC3)nc21. The van der Waals surface area contributed by atoms with Crippen LogP contribution < -0.4 is 21.9 Å². The molecule has 0 spiro atoms. The highest BCUT2D eigenvalue weighted by atomic mass is 16.2. The second-order valence-corrected chi connectivity index (χ2v) is 8.24. The predicted molar refractivity (Wildman–Crippen MR) is 111 cm³/mol. The number of fused-ring (bicyclic) bond motifs is 1. The summed E-state index contributed by atoms with van der Waals surface area (Å²) in [6.45, 7) is 5.03. The number of rotatable bonds is 7. The van der Waals surface area contributed by atoms with E-state index in [0.29, 0.717) is 36.1 Å². The summed E-state index contributed by atoms with van der Waals surface area (Å²) in [5.41, 5.74) is 0.431. The number of hydrogen-bond donors (Lipinski definition) is 3. The fourth-order valence-electron chi connectivity index (χ4n) is 4.15. The molecule has 0 radical (unpaired) electrons. The van der Waals surface area contributed by atoms with Gasteiger partial charge in [-0.3, -0.25) is 19.1 Å². The summed E-state index contributed by atoms with van der Waals surface area (Å²) in [7, 11) is 0. The number of nitrogens with zero attached hydrogens (tertiary/aromatic N) is 2. The molecule has 8 nitrogen and oxygen atoms in total. The van der Waals surface area contributed by atoms with Gasteiger partial charge in [0.1, 0.15) is 0 Å². The molecular formula is C21H29N5O3. The Balaban J connectivity index is 1.66. The zero-order valence-electron chi connectivity index (χ0n) is 16.9. The molecule has 4 rings (SSSR count). The first kappa shape index (κ1) is 19.8. The molecule has 29 heavy (non-hydrogen) atoms. The number of aromatic nitrogens is 3. The Morgan fingerprint density at radius 2 is 2.14 bits per heavy atom. The quantitative estimate of drug-likeness (QED) is 0.654. The maximum absolute atomic E-state index is 13.0. The van der Waals surface area contributed by atoms with Gasteiger partial charge in [0.2, 0.25) is 0 Å². The van der Waals surface area contributed by atoms with Crippen molar-refractivity contribution in [3.05, 3.63) is 38.2 Å². The van der Waals surface area contributed by atoms with Crippen LogP contribution in [0.4, 0.5) is 0 Å². The van der Waals surface area contributed by atoms with Crippen molar-refractivity contribution in [3.8, 4) is 0 Å². The van der Waals surface area contributed by atoms with Gasteiger partial charge >= 0.3 is 5.69 Å². The van der Waals surface area contributed by atoms with Crippen LogP contribution in [-0.4, -0.2) is 40.1 Å². The van der Waals surface area contributed by atoms with Gasteiger partial charge in [-0.15, -0.1) is 0 Å². The van der Waals surface area contributed by atoms with Gasteiger partial charge < -0.3 is 10.6 Å². The van der Waals surface area contributed by atoms with Crippen molar-refractivity contribution < 1.29 is 4.79 Å². The first-order chi connectivity index (χ1) is 14.1. The number of H-pyrrole nitrogens is 1. The van der Waals surface area contributed by atoms with E-state index in [1.165, 1.54) is 17.4 Å². The van der Waals surface area contributed by atoms with E-state index >= 15 is 0 Å². The van der Waals surface area contributed by atoms with Gasteiger partial charge in [-0.25, -0.2) is 9.78 Å². The lowest BCUT2D eigenvalue weighted by atomic mass is 9.96. The number of aromatic amines is 1. The van der Waals surface area contributed by atoms with Crippen molar-refractivity contribution in [1.82, 2.24) is 25.2 Å². The van der Waals surface area contributed by atoms with Gasteiger partial charge in [0.15, 0.2) is 5.65 Å². The first-order valence-corrected chi connectivity index (χ1v) is 10.7. The van der Waals surface area contributed by atoms with Crippen molar-refractivity contribution in [2.45, 2.75) is 57.9 Å². The minimum absolute atomic E-state index is 0.208. The van der Waals surface area contributed by atoms with Crippen molar-refractivity contribution in [2.75, 3.05) is 19.6 Å². The standard InChI is InChI=1S/C21H29N5O3/c1-2-10-26-18-17(20(28)25-21(26)29)15(11-16(24-18)14-5-6-14)19(27)23-9-7-13-4-3-8-22-12-13/h11,13-14,22H,2-10,12H2,1H3,(H,23,27)(H,25,28,29). The van der Waals surface area contributed by atoms with Gasteiger partial charge in [0, 0.05) is 24.7 Å². The summed E-state index contributed by atoms with van der Waals surface area (Å²) in [4.78, 5) is 44.9. The largest absolute Gasteiger partial charge is 0.352 e. The molecule has 8 heteroatoms. The highest BCUT2D eigenvalue weighted by Gasteiger charge is 2.28. The highest BCUT2D eigenvalue weighted by Crippen LogP contribution is 2.39. The maximum atomic E-state index is 13.0. The average molecular weight is 399 g/mol. The topological polar surface area (TPSA) is 109 Å². The number of amides is 1. The molecule has 2 aliphatic rings. The Bertz CT molecular complexity index is 1020. The van der Waals surface area contributed by atoms with E-state index in [-0.39, 0.29) is 11.3 Å². The maximum Gasteiger partial charge on any atom is 0.329 e. The molecule has 1 saturated carbocycles. The molecule has 1 atom stereocenters. The molecule has 1 aliphatic heterocycles.